The first kappa shape index (κ1) is 12.3. The first-order chi connectivity index (χ1) is 8.09. The maximum Gasteiger partial charge on any atom is 0.240 e. The molecule has 0 bridgehead atoms. The van der Waals surface area contributed by atoms with Crippen LogP contribution in [0.15, 0.2) is 12.1 Å². The largest absolute Gasteiger partial charge is 0.489 e. The molecule has 1 atom stereocenters. The minimum atomic E-state index is -0.926. The Labute approximate surface area is 109 Å². The van der Waals surface area contributed by atoms with Crippen LogP contribution in [0.1, 0.15) is 17.4 Å². The number of amides is 1. The first-order valence-corrected chi connectivity index (χ1v) is 5.93. The summed E-state index contributed by atoms with van der Waals surface area (Å²) in [6.45, 7) is 1.09. The van der Waals surface area contributed by atoms with Crippen molar-refractivity contribution in [3.63, 3.8) is 0 Å². The molecule has 2 rings (SSSR count). The summed E-state index contributed by atoms with van der Waals surface area (Å²) in [5.74, 6) is 0.357. The number of hydrogen-bond donors (Lipinski definition) is 1. The molecule has 4 nitrogen and oxygen atoms in total. The number of fused-ring (bicyclic) bond motifs is 1. The molecule has 17 heavy (non-hydrogen) atoms. The minimum Gasteiger partial charge on any atom is -0.489 e. The van der Waals surface area contributed by atoms with Crippen LogP contribution >= 0.6 is 23.2 Å². The molecular formula is C11H11Cl2NO3. The number of ether oxygens (including phenoxy) is 2. The van der Waals surface area contributed by atoms with Gasteiger partial charge in [-0.3, -0.25) is 4.79 Å². The van der Waals surface area contributed by atoms with Crippen LogP contribution in [0, 0.1) is 0 Å². The number of halogens is 2. The fourth-order valence-electron chi connectivity index (χ4n) is 1.56. The summed E-state index contributed by atoms with van der Waals surface area (Å²) in [5.41, 5.74) is 5.65. The lowest BCUT2D eigenvalue weighted by atomic mass is 10.1. The summed E-state index contributed by atoms with van der Waals surface area (Å²) in [6.07, 6.45) is 0.778. The normalized spacial score (nSPS) is 16.1. The van der Waals surface area contributed by atoms with Gasteiger partial charge >= 0.3 is 0 Å². The molecule has 6 heteroatoms. The van der Waals surface area contributed by atoms with Crippen LogP contribution in [0.3, 0.4) is 0 Å². The lowest BCUT2D eigenvalue weighted by molar-refractivity contribution is -0.117. The van der Waals surface area contributed by atoms with Gasteiger partial charge in [0.1, 0.15) is 5.38 Å². The van der Waals surface area contributed by atoms with Gasteiger partial charge in [-0.05, 0) is 17.7 Å². The van der Waals surface area contributed by atoms with Crippen LogP contribution < -0.4 is 15.2 Å². The van der Waals surface area contributed by atoms with Gasteiger partial charge in [-0.1, -0.05) is 11.6 Å². The second kappa shape index (κ2) is 5.02. The van der Waals surface area contributed by atoms with Crippen LogP contribution in [0.5, 0.6) is 11.5 Å². The summed E-state index contributed by atoms with van der Waals surface area (Å²) >= 11 is 11.9. The summed E-state index contributed by atoms with van der Waals surface area (Å²) < 4.78 is 10.9. The molecule has 1 unspecified atom stereocenters. The second-order valence-electron chi connectivity index (χ2n) is 3.65. The number of carbonyl (C=O) groups is 1. The van der Waals surface area contributed by atoms with Crippen molar-refractivity contribution in [1.29, 1.82) is 0 Å². The standard InChI is InChI=1S/C11H11Cl2NO3/c12-7-4-6(9(13)11(14)15)5-8-10(7)17-3-1-2-16-8/h4-5,9H,1-3H2,(H2,14,15). The van der Waals surface area contributed by atoms with Crippen LogP contribution in [0.2, 0.25) is 5.02 Å². The zero-order valence-electron chi connectivity index (χ0n) is 8.91. The van der Waals surface area contributed by atoms with Crippen molar-refractivity contribution in [2.75, 3.05) is 13.2 Å². The predicted molar refractivity (Wildman–Crippen MR) is 64.8 cm³/mol. The number of carbonyl (C=O) groups excluding carboxylic acids is 1. The Morgan fingerprint density at radius 1 is 1.35 bits per heavy atom. The van der Waals surface area contributed by atoms with Gasteiger partial charge in [0.2, 0.25) is 5.91 Å². The monoisotopic (exact) mass is 275 g/mol. The van der Waals surface area contributed by atoms with E-state index in [0.29, 0.717) is 35.3 Å². The minimum absolute atomic E-state index is 0.367. The molecule has 2 N–H and O–H groups in total. The fraction of sp³-hybridized carbons (Fsp3) is 0.364. The van der Waals surface area contributed by atoms with E-state index < -0.39 is 11.3 Å². The molecule has 0 radical (unpaired) electrons. The van der Waals surface area contributed by atoms with Crippen molar-refractivity contribution in [1.82, 2.24) is 0 Å². The van der Waals surface area contributed by atoms with Gasteiger partial charge in [-0.2, -0.15) is 0 Å². The third kappa shape index (κ3) is 2.58. The van der Waals surface area contributed by atoms with Crippen LogP contribution in [-0.4, -0.2) is 19.1 Å². The molecule has 1 aromatic rings. The van der Waals surface area contributed by atoms with Crippen molar-refractivity contribution in [3.8, 4) is 11.5 Å². The molecule has 1 aliphatic heterocycles. The van der Waals surface area contributed by atoms with E-state index in [4.69, 9.17) is 38.4 Å². The maximum absolute atomic E-state index is 11.0. The second-order valence-corrected chi connectivity index (χ2v) is 4.49. The molecule has 0 fully saturated rings. The zero-order chi connectivity index (χ0) is 12.4. The Morgan fingerprint density at radius 2 is 2.06 bits per heavy atom. The number of rotatable bonds is 2. The van der Waals surface area contributed by atoms with Crippen LogP contribution in [-0.2, 0) is 4.79 Å². The zero-order valence-corrected chi connectivity index (χ0v) is 10.4. The molecule has 92 valence electrons. The highest BCUT2D eigenvalue weighted by Gasteiger charge is 2.21. The number of nitrogens with two attached hydrogens (primary N) is 1. The summed E-state index contributed by atoms with van der Waals surface area (Å²) in [6, 6.07) is 3.20. The maximum atomic E-state index is 11.0. The van der Waals surface area contributed by atoms with Crippen molar-refractivity contribution < 1.29 is 14.3 Å². The van der Waals surface area contributed by atoms with Gasteiger partial charge in [0.15, 0.2) is 11.5 Å². The average Bonchev–Trinajstić information content (AvgIpc) is 2.53. The lowest BCUT2D eigenvalue weighted by Crippen LogP contribution is -2.17. The highest BCUT2D eigenvalue weighted by atomic mass is 35.5. The third-order valence-electron chi connectivity index (χ3n) is 2.37. The van der Waals surface area contributed by atoms with Crippen molar-refractivity contribution in [3.05, 3.63) is 22.7 Å². The van der Waals surface area contributed by atoms with Crippen LogP contribution in [0.25, 0.3) is 0 Å². The van der Waals surface area contributed by atoms with E-state index in [0.717, 1.165) is 6.42 Å². The summed E-state index contributed by atoms with van der Waals surface area (Å²) in [4.78, 5) is 11.0. The quantitative estimate of drug-likeness (QED) is 0.843. The Bertz CT molecular complexity index is 451. The lowest BCUT2D eigenvalue weighted by Gasteiger charge is -2.13. The van der Waals surface area contributed by atoms with Gasteiger partial charge in [0, 0.05) is 6.42 Å². The average molecular weight is 276 g/mol. The number of benzene rings is 1. The van der Waals surface area contributed by atoms with E-state index in [1.807, 2.05) is 0 Å². The van der Waals surface area contributed by atoms with Gasteiger partial charge in [0.05, 0.1) is 18.2 Å². The highest BCUT2D eigenvalue weighted by Crippen LogP contribution is 2.40. The Hall–Kier alpha value is -1.13. The van der Waals surface area contributed by atoms with Gasteiger partial charge in [-0.15, -0.1) is 11.6 Å². The molecular weight excluding hydrogens is 265 g/mol. The third-order valence-corrected chi connectivity index (χ3v) is 3.11. The van der Waals surface area contributed by atoms with Gasteiger partial charge < -0.3 is 15.2 Å². The van der Waals surface area contributed by atoms with Gasteiger partial charge in [-0.25, -0.2) is 0 Å². The molecule has 1 aromatic carbocycles. The molecule has 0 saturated heterocycles. The van der Waals surface area contributed by atoms with E-state index >= 15 is 0 Å². The predicted octanol–water partition coefficient (Wildman–Crippen LogP) is 2.27. The van der Waals surface area contributed by atoms with E-state index in [-0.39, 0.29) is 0 Å². The molecule has 0 aromatic heterocycles. The topological polar surface area (TPSA) is 61.6 Å². The molecule has 0 aliphatic carbocycles. The Balaban J connectivity index is 2.42. The van der Waals surface area contributed by atoms with Crippen LogP contribution in [0.4, 0.5) is 0 Å². The molecule has 1 amide bonds. The van der Waals surface area contributed by atoms with E-state index in [9.17, 15) is 4.79 Å². The molecule has 0 spiro atoms. The molecule has 1 aliphatic rings. The highest BCUT2D eigenvalue weighted by molar-refractivity contribution is 6.33. The SMILES string of the molecule is NC(=O)C(Cl)c1cc(Cl)c2c(c1)OCCCO2. The number of primary amides is 1. The Kier molecular flexibility index (Phi) is 3.64. The molecule has 0 saturated carbocycles. The van der Waals surface area contributed by atoms with Gasteiger partial charge in [0.25, 0.3) is 0 Å². The molecule has 1 heterocycles. The van der Waals surface area contributed by atoms with E-state index in [1.165, 1.54) is 0 Å². The van der Waals surface area contributed by atoms with Crippen molar-refractivity contribution in [2.24, 2.45) is 5.73 Å². The summed E-state index contributed by atoms with van der Waals surface area (Å²) in [5, 5.41) is -0.559. The first-order valence-electron chi connectivity index (χ1n) is 5.12. The number of alkyl halides is 1. The van der Waals surface area contributed by atoms with Crippen molar-refractivity contribution in [2.45, 2.75) is 11.8 Å². The van der Waals surface area contributed by atoms with E-state index in [2.05, 4.69) is 0 Å². The smallest absolute Gasteiger partial charge is 0.240 e. The Morgan fingerprint density at radius 3 is 2.76 bits per heavy atom. The fourth-order valence-corrected chi connectivity index (χ4v) is 1.96. The van der Waals surface area contributed by atoms with E-state index in [1.54, 1.807) is 12.1 Å². The number of hydrogen-bond acceptors (Lipinski definition) is 3. The summed E-state index contributed by atoms with van der Waals surface area (Å²) in [7, 11) is 0. The van der Waals surface area contributed by atoms with Crippen molar-refractivity contribution >= 4 is 29.1 Å².